The number of anilines is 1. The monoisotopic (exact) mass is 243 g/mol. The Morgan fingerprint density at radius 2 is 1.06 bits per heavy atom. The van der Waals surface area contributed by atoms with Crippen LogP contribution in [0.4, 0.5) is 5.69 Å². The van der Waals surface area contributed by atoms with Crippen molar-refractivity contribution >= 4 is 5.69 Å². The van der Waals surface area contributed by atoms with Gasteiger partial charge in [-0.25, -0.2) is 0 Å². The highest BCUT2D eigenvalue weighted by molar-refractivity contribution is 5.43. The van der Waals surface area contributed by atoms with Crippen LogP contribution in [0.25, 0.3) is 0 Å². The number of aryl methyl sites for hydroxylation is 1. The van der Waals surface area contributed by atoms with Gasteiger partial charge < -0.3 is 4.90 Å². The van der Waals surface area contributed by atoms with Crippen LogP contribution < -0.4 is 4.90 Å². The zero-order valence-corrected chi connectivity index (χ0v) is 12.2. The van der Waals surface area contributed by atoms with Crippen LogP contribution in [0.5, 0.6) is 0 Å². The van der Waals surface area contributed by atoms with Gasteiger partial charge in [-0.3, -0.25) is 0 Å². The third kappa shape index (κ3) is 7.50. The standard InChI is InChI=1S/C8H11N.C7H8.C2H6/c1-9(2)8-6-4-3-5-7-8;1-7-5-3-2-4-6-7;1-2/h3-7H,1-2H3;2-6H,1H3;1-2H3. The number of hydrogen-bond donors (Lipinski definition) is 0. The normalized spacial score (nSPS) is 8.28. The van der Waals surface area contributed by atoms with E-state index in [4.69, 9.17) is 0 Å². The number of nitrogens with zero attached hydrogens (tertiary/aromatic N) is 1. The highest BCUT2D eigenvalue weighted by Crippen LogP contribution is 2.07. The fraction of sp³-hybridized carbons (Fsp3) is 0.294. The summed E-state index contributed by atoms with van der Waals surface area (Å²) in [5, 5.41) is 0. The molecule has 0 radical (unpaired) electrons. The zero-order chi connectivity index (χ0) is 13.8. The summed E-state index contributed by atoms with van der Waals surface area (Å²) in [5.74, 6) is 0. The number of hydrogen-bond acceptors (Lipinski definition) is 1. The Hall–Kier alpha value is -1.76. The quantitative estimate of drug-likeness (QED) is 0.697. The van der Waals surface area contributed by atoms with Crippen LogP contribution in [0.3, 0.4) is 0 Å². The topological polar surface area (TPSA) is 3.24 Å². The predicted molar refractivity (Wildman–Crippen MR) is 83.3 cm³/mol. The molecule has 0 fully saturated rings. The lowest BCUT2D eigenvalue weighted by Gasteiger charge is -2.10. The molecule has 1 nitrogen and oxygen atoms in total. The Balaban J connectivity index is 0.000000289. The van der Waals surface area contributed by atoms with Crippen LogP contribution in [0.2, 0.25) is 0 Å². The molecule has 0 aliphatic carbocycles. The summed E-state index contributed by atoms with van der Waals surface area (Å²) in [7, 11) is 4.07. The summed E-state index contributed by atoms with van der Waals surface area (Å²) in [4.78, 5) is 2.08. The fourth-order valence-electron chi connectivity index (χ4n) is 1.26. The van der Waals surface area contributed by atoms with E-state index < -0.39 is 0 Å². The first-order valence-corrected chi connectivity index (χ1v) is 6.44. The lowest BCUT2D eigenvalue weighted by atomic mass is 10.2. The van der Waals surface area contributed by atoms with Gasteiger partial charge in [0, 0.05) is 19.8 Å². The van der Waals surface area contributed by atoms with Gasteiger partial charge in [0.05, 0.1) is 0 Å². The summed E-state index contributed by atoms with van der Waals surface area (Å²) in [6.45, 7) is 6.08. The smallest absolute Gasteiger partial charge is 0.0360 e. The van der Waals surface area contributed by atoms with Crippen LogP contribution in [0, 0.1) is 6.92 Å². The summed E-state index contributed by atoms with van der Waals surface area (Å²) in [5.41, 5.74) is 2.57. The predicted octanol–water partition coefficient (Wildman–Crippen LogP) is 4.77. The highest BCUT2D eigenvalue weighted by Gasteiger charge is 1.87. The average molecular weight is 243 g/mol. The van der Waals surface area contributed by atoms with E-state index in [-0.39, 0.29) is 0 Å². The molecule has 0 saturated heterocycles. The molecule has 2 aromatic rings. The van der Waals surface area contributed by atoms with Crippen LogP contribution in [0.1, 0.15) is 19.4 Å². The van der Waals surface area contributed by atoms with Gasteiger partial charge in [-0.1, -0.05) is 67.9 Å². The second-order valence-electron chi connectivity index (χ2n) is 3.88. The molecular formula is C17H25N. The van der Waals surface area contributed by atoms with Crippen molar-refractivity contribution in [3.8, 4) is 0 Å². The largest absolute Gasteiger partial charge is 0.378 e. The molecule has 0 unspecified atom stereocenters. The molecule has 18 heavy (non-hydrogen) atoms. The van der Waals surface area contributed by atoms with Crippen LogP contribution >= 0.6 is 0 Å². The summed E-state index contributed by atoms with van der Waals surface area (Å²) in [6, 6.07) is 20.5. The van der Waals surface area contributed by atoms with Crippen molar-refractivity contribution in [2.45, 2.75) is 20.8 Å². The third-order valence-electron chi connectivity index (χ3n) is 2.21. The summed E-state index contributed by atoms with van der Waals surface area (Å²) < 4.78 is 0. The molecular weight excluding hydrogens is 218 g/mol. The second-order valence-corrected chi connectivity index (χ2v) is 3.88. The van der Waals surface area contributed by atoms with Crippen molar-refractivity contribution in [2.24, 2.45) is 0 Å². The van der Waals surface area contributed by atoms with Crippen LogP contribution in [-0.2, 0) is 0 Å². The highest BCUT2D eigenvalue weighted by atomic mass is 15.1. The molecule has 0 spiro atoms. The minimum absolute atomic E-state index is 1.25. The van der Waals surface area contributed by atoms with Gasteiger partial charge in [0.2, 0.25) is 0 Å². The Bertz CT molecular complexity index is 379. The molecule has 2 rings (SSSR count). The number of benzene rings is 2. The maximum Gasteiger partial charge on any atom is 0.0360 e. The Morgan fingerprint density at radius 3 is 1.28 bits per heavy atom. The lowest BCUT2D eigenvalue weighted by Crippen LogP contribution is -2.07. The fourth-order valence-corrected chi connectivity index (χ4v) is 1.26. The van der Waals surface area contributed by atoms with Gasteiger partial charge in [0.25, 0.3) is 0 Å². The molecule has 0 saturated carbocycles. The average Bonchev–Trinajstić information content (AvgIpc) is 2.43. The molecule has 2 aromatic carbocycles. The van der Waals surface area contributed by atoms with Gasteiger partial charge >= 0.3 is 0 Å². The van der Waals surface area contributed by atoms with Gasteiger partial charge in [0.15, 0.2) is 0 Å². The molecule has 0 aromatic heterocycles. The van der Waals surface area contributed by atoms with E-state index in [2.05, 4.69) is 36.1 Å². The maximum absolute atomic E-state index is 2.08. The first-order valence-electron chi connectivity index (χ1n) is 6.44. The maximum atomic E-state index is 2.08. The summed E-state index contributed by atoms with van der Waals surface area (Å²) in [6.07, 6.45) is 0. The molecule has 0 aliphatic heterocycles. The molecule has 0 bridgehead atoms. The minimum Gasteiger partial charge on any atom is -0.378 e. The van der Waals surface area contributed by atoms with Crippen molar-refractivity contribution in [3.05, 3.63) is 66.2 Å². The van der Waals surface area contributed by atoms with Crippen LogP contribution in [-0.4, -0.2) is 14.1 Å². The van der Waals surface area contributed by atoms with E-state index in [0.717, 1.165) is 0 Å². The minimum atomic E-state index is 1.25. The van der Waals surface area contributed by atoms with E-state index in [0.29, 0.717) is 0 Å². The van der Waals surface area contributed by atoms with Crippen molar-refractivity contribution in [1.29, 1.82) is 0 Å². The van der Waals surface area contributed by atoms with Gasteiger partial charge in [-0.15, -0.1) is 0 Å². The molecule has 0 atom stereocenters. The Kier molecular flexibility index (Phi) is 9.38. The Morgan fingerprint density at radius 1 is 0.667 bits per heavy atom. The molecule has 0 heterocycles. The van der Waals surface area contributed by atoms with Crippen molar-refractivity contribution in [1.82, 2.24) is 0 Å². The third-order valence-corrected chi connectivity index (χ3v) is 2.21. The van der Waals surface area contributed by atoms with Crippen LogP contribution in [0.15, 0.2) is 60.7 Å². The first-order chi connectivity index (χ1) is 8.70. The van der Waals surface area contributed by atoms with E-state index in [1.54, 1.807) is 0 Å². The number of para-hydroxylation sites is 1. The lowest BCUT2D eigenvalue weighted by molar-refractivity contribution is 1.13. The SMILES string of the molecule is CC.CN(C)c1ccccc1.Cc1ccccc1. The van der Waals surface area contributed by atoms with Gasteiger partial charge in [-0.05, 0) is 19.1 Å². The Labute approximate surface area is 112 Å². The van der Waals surface area contributed by atoms with E-state index in [9.17, 15) is 0 Å². The molecule has 98 valence electrons. The second kappa shape index (κ2) is 10.4. The van der Waals surface area contributed by atoms with Crippen molar-refractivity contribution < 1.29 is 0 Å². The molecule has 0 aliphatic rings. The molecule has 0 amide bonds. The van der Waals surface area contributed by atoms with Gasteiger partial charge in [-0.2, -0.15) is 0 Å². The van der Waals surface area contributed by atoms with E-state index >= 15 is 0 Å². The zero-order valence-electron chi connectivity index (χ0n) is 12.2. The van der Waals surface area contributed by atoms with E-state index in [1.165, 1.54) is 11.3 Å². The summed E-state index contributed by atoms with van der Waals surface area (Å²) >= 11 is 0. The molecule has 0 N–H and O–H groups in total. The van der Waals surface area contributed by atoms with Gasteiger partial charge in [0.1, 0.15) is 0 Å². The van der Waals surface area contributed by atoms with Crippen molar-refractivity contribution in [3.63, 3.8) is 0 Å². The molecule has 1 heteroatoms. The first kappa shape index (κ1) is 16.2. The van der Waals surface area contributed by atoms with E-state index in [1.807, 2.05) is 64.3 Å². The van der Waals surface area contributed by atoms with Crippen molar-refractivity contribution in [2.75, 3.05) is 19.0 Å². The number of rotatable bonds is 1.